The zero-order valence-electron chi connectivity index (χ0n) is 8.46. The fourth-order valence-electron chi connectivity index (χ4n) is 1.77. The van der Waals surface area contributed by atoms with Crippen molar-refractivity contribution in [2.45, 2.75) is 19.9 Å². The molecule has 0 saturated carbocycles. The quantitative estimate of drug-likeness (QED) is 0.765. The molecule has 1 aromatic rings. The minimum atomic E-state index is 0.511. The van der Waals surface area contributed by atoms with E-state index in [0.717, 1.165) is 23.4 Å². The number of halogens is 1. The monoisotopic (exact) mass is 255 g/mol. The van der Waals surface area contributed by atoms with E-state index in [-0.39, 0.29) is 0 Å². The van der Waals surface area contributed by atoms with Gasteiger partial charge in [-0.15, -0.1) is 0 Å². The Morgan fingerprint density at radius 3 is 2.93 bits per heavy atom. The fraction of sp³-hybridized carbons (Fsp3) is 0.455. The molecule has 0 N–H and O–H groups in total. The van der Waals surface area contributed by atoms with E-state index in [9.17, 15) is 0 Å². The molecule has 1 aromatic carbocycles. The number of hydrogen-bond donors (Lipinski definition) is 0. The van der Waals surface area contributed by atoms with Gasteiger partial charge in [-0.25, -0.2) is 0 Å². The highest BCUT2D eigenvalue weighted by Crippen LogP contribution is 2.38. The fourth-order valence-corrected chi connectivity index (χ4v) is 2.35. The van der Waals surface area contributed by atoms with Gasteiger partial charge in [-0.05, 0) is 41.9 Å². The van der Waals surface area contributed by atoms with Crippen LogP contribution in [0.25, 0.3) is 0 Å². The van der Waals surface area contributed by atoms with Gasteiger partial charge in [-0.3, -0.25) is 0 Å². The molecule has 0 amide bonds. The number of rotatable bonds is 1. The summed E-state index contributed by atoms with van der Waals surface area (Å²) >= 11 is 3.57. The number of hydrogen-bond acceptors (Lipinski definition) is 2. The normalized spacial score (nSPS) is 15.3. The van der Waals surface area contributed by atoms with Crippen LogP contribution in [-0.2, 0) is 0 Å². The van der Waals surface area contributed by atoms with Crippen molar-refractivity contribution in [2.24, 2.45) is 0 Å². The van der Waals surface area contributed by atoms with E-state index in [1.807, 2.05) is 12.1 Å². The number of anilines is 1. The summed E-state index contributed by atoms with van der Waals surface area (Å²) in [4.78, 5) is 2.36. The van der Waals surface area contributed by atoms with Crippen molar-refractivity contribution in [3.63, 3.8) is 0 Å². The third kappa shape index (κ3) is 1.61. The Bertz CT molecular complexity index is 338. The molecule has 0 bridgehead atoms. The van der Waals surface area contributed by atoms with Crippen LogP contribution >= 0.6 is 15.9 Å². The Morgan fingerprint density at radius 2 is 2.21 bits per heavy atom. The summed E-state index contributed by atoms with van der Waals surface area (Å²) in [6.45, 7) is 6.15. The minimum absolute atomic E-state index is 0.511. The molecule has 14 heavy (non-hydrogen) atoms. The summed E-state index contributed by atoms with van der Waals surface area (Å²) in [6, 6.07) is 6.60. The molecule has 0 radical (unpaired) electrons. The average Bonchev–Trinajstić information content (AvgIpc) is 2.17. The van der Waals surface area contributed by atoms with Crippen molar-refractivity contribution in [1.29, 1.82) is 0 Å². The maximum absolute atomic E-state index is 5.61. The summed E-state index contributed by atoms with van der Waals surface area (Å²) in [7, 11) is 0. The number of ether oxygens (including phenoxy) is 1. The highest BCUT2D eigenvalue weighted by atomic mass is 79.9. The van der Waals surface area contributed by atoms with Crippen LogP contribution in [0.5, 0.6) is 5.75 Å². The Hall–Kier alpha value is -0.700. The second-order valence-corrected chi connectivity index (χ2v) is 4.58. The molecule has 1 aliphatic heterocycles. The Labute approximate surface area is 93.0 Å². The van der Waals surface area contributed by atoms with Crippen LogP contribution in [0.1, 0.15) is 13.8 Å². The third-order valence-electron chi connectivity index (χ3n) is 2.45. The van der Waals surface area contributed by atoms with E-state index in [1.165, 1.54) is 5.69 Å². The third-order valence-corrected chi connectivity index (χ3v) is 3.09. The van der Waals surface area contributed by atoms with Gasteiger partial charge in [0.05, 0.1) is 12.2 Å². The average molecular weight is 256 g/mol. The lowest BCUT2D eigenvalue weighted by atomic mass is 10.2. The van der Waals surface area contributed by atoms with E-state index in [4.69, 9.17) is 4.74 Å². The number of fused-ring (bicyclic) bond motifs is 1. The molecular formula is C11H14BrNO. The Balaban J connectivity index is 2.47. The SMILES string of the molecule is CC(C)N1CCOc2cccc(Br)c21. The maximum atomic E-state index is 5.61. The molecule has 0 aromatic heterocycles. The van der Waals surface area contributed by atoms with Crippen molar-refractivity contribution in [1.82, 2.24) is 0 Å². The predicted molar refractivity (Wildman–Crippen MR) is 62.1 cm³/mol. The van der Waals surface area contributed by atoms with Gasteiger partial charge >= 0.3 is 0 Å². The number of benzene rings is 1. The van der Waals surface area contributed by atoms with Crippen molar-refractivity contribution in [3.05, 3.63) is 22.7 Å². The molecule has 1 aliphatic rings. The molecule has 0 aliphatic carbocycles. The van der Waals surface area contributed by atoms with Gasteiger partial charge in [0, 0.05) is 10.5 Å². The molecule has 0 atom stereocenters. The van der Waals surface area contributed by atoms with Crippen LogP contribution in [0.2, 0.25) is 0 Å². The Kier molecular flexibility index (Phi) is 2.68. The van der Waals surface area contributed by atoms with Crippen molar-refractivity contribution in [3.8, 4) is 5.75 Å². The number of nitrogens with zero attached hydrogens (tertiary/aromatic N) is 1. The van der Waals surface area contributed by atoms with Crippen LogP contribution < -0.4 is 9.64 Å². The van der Waals surface area contributed by atoms with Crippen molar-refractivity contribution >= 4 is 21.6 Å². The zero-order chi connectivity index (χ0) is 10.1. The topological polar surface area (TPSA) is 12.5 Å². The molecule has 0 saturated heterocycles. The molecule has 3 heteroatoms. The van der Waals surface area contributed by atoms with Crippen molar-refractivity contribution < 1.29 is 4.74 Å². The van der Waals surface area contributed by atoms with E-state index in [2.05, 4.69) is 40.7 Å². The van der Waals surface area contributed by atoms with Crippen LogP contribution in [0.3, 0.4) is 0 Å². The highest BCUT2D eigenvalue weighted by Gasteiger charge is 2.22. The smallest absolute Gasteiger partial charge is 0.143 e. The highest BCUT2D eigenvalue weighted by molar-refractivity contribution is 9.10. The minimum Gasteiger partial charge on any atom is -0.490 e. The first kappa shape index (κ1) is 9.84. The van der Waals surface area contributed by atoms with Gasteiger partial charge in [-0.2, -0.15) is 0 Å². The lowest BCUT2D eigenvalue weighted by molar-refractivity contribution is 0.302. The Morgan fingerprint density at radius 1 is 1.43 bits per heavy atom. The zero-order valence-corrected chi connectivity index (χ0v) is 10.0. The second-order valence-electron chi connectivity index (χ2n) is 3.72. The molecule has 2 rings (SSSR count). The summed E-state index contributed by atoms with van der Waals surface area (Å²) < 4.78 is 6.73. The first-order chi connectivity index (χ1) is 6.70. The lowest BCUT2D eigenvalue weighted by Crippen LogP contribution is -2.38. The van der Waals surface area contributed by atoms with Gasteiger partial charge in [0.2, 0.25) is 0 Å². The van der Waals surface area contributed by atoms with Gasteiger partial charge in [0.15, 0.2) is 0 Å². The van der Waals surface area contributed by atoms with Gasteiger partial charge in [-0.1, -0.05) is 6.07 Å². The van der Waals surface area contributed by atoms with Gasteiger partial charge in [0.1, 0.15) is 12.4 Å². The molecule has 0 spiro atoms. The summed E-state index contributed by atoms with van der Waals surface area (Å²) in [5.74, 6) is 0.985. The predicted octanol–water partition coefficient (Wildman–Crippen LogP) is 3.06. The van der Waals surface area contributed by atoms with E-state index in [0.29, 0.717) is 6.04 Å². The van der Waals surface area contributed by atoms with Crippen LogP contribution in [0, 0.1) is 0 Å². The molecule has 76 valence electrons. The first-order valence-electron chi connectivity index (χ1n) is 4.88. The molecular weight excluding hydrogens is 242 g/mol. The van der Waals surface area contributed by atoms with Gasteiger partial charge < -0.3 is 9.64 Å². The lowest BCUT2D eigenvalue weighted by Gasteiger charge is -2.35. The second kappa shape index (κ2) is 3.81. The maximum Gasteiger partial charge on any atom is 0.143 e. The molecule has 2 nitrogen and oxygen atoms in total. The summed E-state index contributed by atoms with van der Waals surface area (Å²) in [5.41, 5.74) is 1.19. The van der Waals surface area contributed by atoms with E-state index >= 15 is 0 Å². The van der Waals surface area contributed by atoms with Gasteiger partial charge in [0.25, 0.3) is 0 Å². The summed E-state index contributed by atoms with van der Waals surface area (Å²) in [5, 5.41) is 0. The van der Waals surface area contributed by atoms with Crippen LogP contribution in [-0.4, -0.2) is 19.2 Å². The molecule has 0 fully saturated rings. The van der Waals surface area contributed by atoms with E-state index in [1.54, 1.807) is 0 Å². The van der Waals surface area contributed by atoms with Crippen LogP contribution in [0.15, 0.2) is 22.7 Å². The molecule has 0 unspecified atom stereocenters. The summed E-state index contributed by atoms with van der Waals surface area (Å²) in [6.07, 6.45) is 0. The standard InChI is InChI=1S/C11H14BrNO/c1-8(2)13-6-7-14-10-5-3-4-9(12)11(10)13/h3-5,8H,6-7H2,1-2H3. The van der Waals surface area contributed by atoms with Crippen molar-refractivity contribution in [2.75, 3.05) is 18.1 Å². The number of para-hydroxylation sites is 1. The largest absolute Gasteiger partial charge is 0.490 e. The van der Waals surface area contributed by atoms with E-state index < -0.39 is 0 Å². The molecule has 1 heterocycles. The first-order valence-corrected chi connectivity index (χ1v) is 5.67. The van der Waals surface area contributed by atoms with Crippen LogP contribution in [0.4, 0.5) is 5.69 Å².